The largest absolute Gasteiger partial charge is 0.497 e. The highest BCUT2D eigenvalue weighted by Crippen LogP contribution is 2.23. The molecule has 1 aliphatic heterocycles. The second-order valence-corrected chi connectivity index (χ2v) is 7.10. The minimum atomic E-state index is -0.338. The molecular formula is C23H23FN4O3. The fourth-order valence-electron chi connectivity index (χ4n) is 3.39. The van der Waals surface area contributed by atoms with Crippen LogP contribution in [0.5, 0.6) is 11.5 Å². The van der Waals surface area contributed by atoms with Gasteiger partial charge < -0.3 is 19.3 Å². The van der Waals surface area contributed by atoms with Gasteiger partial charge in [-0.05, 0) is 48.5 Å². The van der Waals surface area contributed by atoms with Crippen LogP contribution >= 0.6 is 0 Å². The molecule has 0 unspecified atom stereocenters. The van der Waals surface area contributed by atoms with E-state index in [1.54, 1.807) is 18.3 Å². The SMILES string of the molecule is COc1ccc(-c2cc(N3CCN(C(=O)COc4ccc(F)cc4)CC3)ncn2)cc1. The third-order valence-electron chi connectivity index (χ3n) is 5.17. The van der Waals surface area contributed by atoms with Gasteiger partial charge in [-0.3, -0.25) is 4.79 Å². The number of anilines is 1. The van der Waals surface area contributed by atoms with Gasteiger partial charge in [0.25, 0.3) is 5.91 Å². The van der Waals surface area contributed by atoms with Crippen molar-refractivity contribution >= 4 is 11.7 Å². The molecule has 7 nitrogen and oxygen atoms in total. The highest BCUT2D eigenvalue weighted by molar-refractivity contribution is 5.78. The summed E-state index contributed by atoms with van der Waals surface area (Å²) in [6, 6.07) is 15.3. The Bertz CT molecular complexity index is 1020. The number of benzene rings is 2. The number of nitrogens with zero attached hydrogens (tertiary/aromatic N) is 4. The minimum absolute atomic E-state index is 0.0687. The Kier molecular flexibility index (Phi) is 6.26. The van der Waals surface area contributed by atoms with Gasteiger partial charge in [0.05, 0.1) is 12.8 Å². The average Bonchev–Trinajstić information content (AvgIpc) is 2.84. The van der Waals surface area contributed by atoms with Crippen LogP contribution < -0.4 is 14.4 Å². The van der Waals surface area contributed by atoms with Crippen molar-refractivity contribution in [2.45, 2.75) is 0 Å². The summed E-state index contributed by atoms with van der Waals surface area (Å²) in [6.45, 7) is 2.42. The van der Waals surface area contributed by atoms with E-state index >= 15 is 0 Å². The first-order chi connectivity index (χ1) is 15.1. The van der Waals surface area contributed by atoms with Crippen LogP contribution in [-0.2, 0) is 4.79 Å². The molecule has 3 aromatic rings. The maximum absolute atomic E-state index is 13.0. The second kappa shape index (κ2) is 9.42. The maximum Gasteiger partial charge on any atom is 0.260 e. The van der Waals surface area contributed by atoms with Crippen LogP contribution in [0.25, 0.3) is 11.3 Å². The molecular weight excluding hydrogens is 399 g/mol. The van der Waals surface area contributed by atoms with Crippen molar-refractivity contribution in [1.29, 1.82) is 0 Å². The van der Waals surface area contributed by atoms with Crippen LogP contribution in [0.1, 0.15) is 0 Å². The molecule has 0 aliphatic carbocycles. The third-order valence-corrected chi connectivity index (χ3v) is 5.17. The summed E-state index contributed by atoms with van der Waals surface area (Å²) < 4.78 is 23.6. The van der Waals surface area contributed by atoms with E-state index in [0.717, 1.165) is 22.8 Å². The summed E-state index contributed by atoms with van der Waals surface area (Å²) in [5.41, 5.74) is 1.81. The van der Waals surface area contributed by atoms with Crippen LogP contribution in [0.4, 0.5) is 10.2 Å². The molecule has 4 rings (SSSR count). The van der Waals surface area contributed by atoms with Crippen molar-refractivity contribution in [3.05, 3.63) is 66.7 Å². The van der Waals surface area contributed by atoms with Gasteiger partial charge in [0.1, 0.15) is 29.5 Å². The molecule has 1 amide bonds. The van der Waals surface area contributed by atoms with Crippen LogP contribution in [-0.4, -0.2) is 60.7 Å². The van der Waals surface area contributed by atoms with Crippen LogP contribution in [0.3, 0.4) is 0 Å². The van der Waals surface area contributed by atoms with Crippen LogP contribution in [0.15, 0.2) is 60.9 Å². The molecule has 1 saturated heterocycles. The summed E-state index contributed by atoms with van der Waals surface area (Å²) in [5.74, 6) is 1.67. The van der Waals surface area contributed by atoms with Crippen molar-refractivity contribution in [2.75, 3.05) is 44.8 Å². The zero-order chi connectivity index (χ0) is 21.6. The first-order valence-corrected chi connectivity index (χ1v) is 10.00. The molecule has 0 spiro atoms. The normalized spacial score (nSPS) is 13.7. The summed E-state index contributed by atoms with van der Waals surface area (Å²) in [4.78, 5) is 25.1. The van der Waals surface area contributed by atoms with Gasteiger partial charge in [-0.15, -0.1) is 0 Å². The predicted octanol–water partition coefficient (Wildman–Crippen LogP) is 3.02. The fourth-order valence-corrected chi connectivity index (χ4v) is 3.39. The van der Waals surface area contributed by atoms with Gasteiger partial charge in [0, 0.05) is 37.8 Å². The lowest BCUT2D eigenvalue weighted by Crippen LogP contribution is -2.50. The van der Waals surface area contributed by atoms with Crippen molar-refractivity contribution in [3.8, 4) is 22.8 Å². The third kappa shape index (κ3) is 5.09. The number of carbonyl (C=O) groups is 1. The molecule has 31 heavy (non-hydrogen) atoms. The molecule has 8 heteroatoms. The Morgan fingerprint density at radius 2 is 1.65 bits per heavy atom. The van der Waals surface area contributed by atoms with Crippen LogP contribution in [0.2, 0.25) is 0 Å². The summed E-state index contributed by atoms with van der Waals surface area (Å²) in [6.07, 6.45) is 1.56. The number of amides is 1. The molecule has 0 bridgehead atoms. The van der Waals surface area contributed by atoms with Crippen molar-refractivity contribution in [3.63, 3.8) is 0 Å². The second-order valence-electron chi connectivity index (χ2n) is 7.10. The summed E-state index contributed by atoms with van der Waals surface area (Å²) in [5, 5.41) is 0. The Balaban J connectivity index is 1.33. The van der Waals surface area contributed by atoms with Crippen molar-refractivity contribution in [2.24, 2.45) is 0 Å². The maximum atomic E-state index is 13.0. The van der Waals surface area contributed by atoms with E-state index in [0.29, 0.717) is 31.9 Å². The number of ether oxygens (including phenoxy) is 2. The molecule has 0 atom stereocenters. The summed E-state index contributed by atoms with van der Waals surface area (Å²) in [7, 11) is 1.64. The smallest absolute Gasteiger partial charge is 0.260 e. The molecule has 0 N–H and O–H groups in total. The van der Waals surface area contributed by atoms with Gasteiger partial charge in [-0.1, -0.05) is 0 Å². The molecule has 2 aromatic carbocycles. The van der Waals surface area contributed by atoms with E-state index in [1.165, 1.54) is 24.3 Å². The lowest BCUT2D eigenvalue weighted by atomic mass is 10.1. The van der Waals surface area contributed by atoms with Gasteiger partial charge in [0.2, 0.25) is 0 Å². The molecule has 2 heterocycles. The Morgan fingerprint density at radius 1 is 0.968 bits per heavy atom. The van der Waals surface area contributed by atoms with Gasteiger partial charge >= 0.3 is 0 Å². The van der Waals surface area contributed by atoms with E-state index in [1.807, 2.05) is 30.3 Å². The molecule has 0 radical (unpaired) electrons. The lowest BCUT2D eigenvalue weighted by Gasteiger charge is -2.35. The Hall–Kier alpha value is -3.68. The number of hydrogen-bond acceptors (Lipinski definition) is 6. The molecule has 1 aromatic heterocycles. The van der Waals surface area contributed by atoms with E-state index in [9.17, 15) is 9.18 Å². The first kappa shape index (κ1) is 20.6. The zero-order valence-corrected chi connectivity index (χ0v) is 17.2. The average molecular weight is 422 g/mol. The minimum Gasteiger partial charge on any atom is -0.497 e. The van der Waals surface area contributed by atoms with E-state index in [4.69, 9.17) is 9.47 Å². The number of rotatable bonds is 6. The van der Waals surface area contributed by atoms with E-state index in [2.05, 4.69) is 14.9 Å². The highest BCUT2D eigenvalue weighted by Gasteiger charge is 2.22. The zero-order valence-electron chi connectivity index (χ0n) is 17.2. The molecule has 1 fully saturated rings. The fraction of sp³-hybridized carbons (Fsp3) is 0.261. The van der Waals surface area contributed by atoms with Gasteiger partial charge in [-0.2, -0.15) is 0 Å². The lowest BCUT2D eigenvalue weighted by molar-refractivity contribution is -0.133. The standard InChI is InChI=1S/C23H23FN4O3/c1-30-19-6-2-17(3-7-19)21-14-22(26-16-25-21)27-10-12-28(13-11-27)23(29)15-31-20-8-4-18(24)5-9-20/h2-9,14,16H,10-13,15H2,1H3. The Morgan fingerprint density at radius 3 is 2.32 bits per heavy atom. The van der Waals surface area contributed by atoms with E-state index < -0.39 is 0 Å². The van der Waals surface area contributed by atoms with Gasteiger partial charge in [-0.25, -0.2) is 14.4 Å². The predicted molar refractivity (Wildman–Crippen MR) is 115 cm³/mol. The topological polar surface area (TPSA) is 67.8 Å². The monoisotopic (exact) mass is 422 g/mol. The quantitative estimate of drug-likeness (QED) is 0.608. The van der Waals surface area contributed by atoms with Crippen molar-refractivity contribution < 1.29 is 18.7 Å². The van der Waals surface area contributed by atoms with E-state index in [-0.39, 0.29) is 18.3 Å². The Labute approximate surface area is 180 Å². The molecule has 160 valence electrons. The number of carbonyl (C=O) groups excluding carboxylic acids is 1. The number of piperazine rings is 1. The first-order valence-electron chi connectivity index (χ1n) is 10.00. The number of methoxy groups -OCH3 is 1. The molecule has 0 saturated carbocycles. The summed E-state index contributed by atoms with van der Waals surface area (Å²) >= 11 is 0. The molecule has 1 aliphatic rings. The number of halogens is 1. The van der Waals surface area contributed by atoms with Gasteiger partial charge in [0.15, 0.2) is 6.61 Å². The van der Waals surface area contributed by atoms with Crippen molar-refractivity contribution in [1.82, 2.24) is 14.9 Å². The number of hydrogen-bond donors (Lipinski definition) is 0. The highest BCUT2D eigenvalue weighted by atomic mass is 19.1. The number of aromatic nitrogens is 2. The van der Waals surface area contributed by atoms with Crippen LogP contribution in [0, 0.1) is 5.82 Å².